The number of amides is 2. The molecule has 154 valence electrons. The molecule has 0 radical (unpaired) electrons. The normalized spacial score (nSPS) is 21.5. The maximum atomic E-state index is 12.7. The molecular formula is C20H26Cl2N2O4. The molecule has 2 heterocycles. The number of nitrogens with zero attached hydrogens (tertiary/aromatic N) is 2. The molecule has 0 aliphatic carbocycles. The largest absolute Gasteiger partial charge is 0.376 e. The van der Waals surface area contributed by atoms with Crippen molar-refractivity contribution in [2.24, 2.45) is 0 Å². The molecule has 6 nitrogen and oxygen atoms in total. The Morgan fingerprint density at radius 1 is 1.11 bits per heavy atom. The Labute approximate surface area is 175 Å². The minimum atomic E-state index is -0.514. The van der Waals surface area contributed by atoms with Gasteiger partial charge >= 0.3 is 0 Å². The number of carbonyl (C=O) groups is 2. The summed E-state index contributed by atoms with van der Waals surface area (Å²) in [5, 5.41) is 0.857. The second-order valence-electron chi connectivity index (χ2n) is 7.24. The van der Waals surface area contributed by atoms with Crippen LogP contribution in [0.4, 0.5) is 0 Å². The lowest BCUT2D eigenvalue weighted by atomic mass is 10.1. The summed E-state index contributed by atoms with van der Waals surface area (Å²) in [5.41, 5.74) is 0.460. The molecule has 2 aliphatic heterocycles. The van der Waals surface area contributed by atoms with Crippen molar-refractivity contribution in [3.63, 3.8) is 0 Å². The summed E-state index contributed by atoms with van der Waals surface area (Å²) in [6, 6.07) is 4.81. The highest BCUT2D eigenvalue weighted by molar-refractivity contribution is 6.35. The molecule has 0 N–H and O–H groups in total. The molecule has 2 fully saturated rings. The van der Waals surface area contributed by atoms with Crippen molar-refractivity contribution < 1.29 is 19.1 Å². The van der Waals surface area contributed by atoms with Crippen molar-refractivity contribution in [3.05, 3.63) is 33.8 Å². The van der Waals surface area contributed by atoms with Crippen LogP contribution in [0.5, 0.6) is 0 Å². The Balaban J connectivity index is 1.47. The molecule has 0 spiro atoms. The summed E-state index contributed by atoms with van der Waals surface area (Å²) in [7, 11) is 0. The lowest BCUT2D eigenvalue weighted by molar-refractivity contribution is -0.147. The summed E-state index contributed by atoms with van der Waals surface area (Å²) in [5.74, 6) is -0.177. The maximum Gasteiger partial charge on any atom is 0.254 e. The predicted molar refractivity (Wildman–Crippen MR) is 108 cm³/mol. The zero-order valence-electron chi connectivity index (χ0n) is 16.0. The van der Waals surface area contributed by atoms with Crippen molar-refractivity contribution in [2.75, 3.05) is 39.4 Å². The van der Waals surface area contributed by atoms with Gasteiger partial charge in [-0.1, -0.05) is 23.2 Å². The minimum Gasteiger partial charge on any atom is -0.376 e. The summed E-state index contributed by atoms with van der Waals surface area (Å²) in [6.07, 6.45) is 2.79. The van der Waals surface area contributed by atoms with E-state index in [0.717, 1.165) is 25.9 Å². The Morgan fingerprint density at radius 2 is 1.75 bits per heavy atom. The van der Waals surface area contributed by atoms with Crippen LogP contribution < -0.4 is 0 Å². The predicted octanol–water partition coefficient (Wildman–Crippen LogP) is 3.25. The van der Waals surface area contributed by atoms with Crippen LogP contribution in [-0.2, 0) is 14.3 Å². The maximum absolute atomic E-state index is 12.7. The third kappa shape index (κ3) is 5.60. The van der Waals surface area contributed by atoms with E-state index in [0.29, 0.717) is 48.4 Å². The van der Waals surface area contributed by atoms with Crippen LogP contribution in [0, 0.1) is 0 Å². The standard InChI is InChI=1S/C20H26Cl2N2O4/c1-14(28-13-18-4-2-3-9-27-18)19(25)23-5-7-24(8-6-23)20(26)15-10-16(21)12-17(22)11-15/h10-12,14,18H,2-9,13H2,1H3. The topological polar surface area (TPSA) is 59.1 Å². The van der Waals surface area contributed by atoms with E-state index < -0.39 is 6.10 Å². The fourth-order valence-electron chi connectivity index (χ4n) is 3.51. The molecule has 2 atom stereocenters. The second kappa shape index (κ2) is 9.92. The minimum absolute atomic E-state index is 0.0475. The van der Waals surface area contributed by atoms with E-state index in [1.807, 2.05) is 0 Å². The highest BCUT2D eigenvalue weighted by Gasteiger charge is 2.28. The van der Waals surface area contributed by atoms with Crippen LogP contribution in [0.2, 0.25) is 10.0 Å². The van der Waals surface area contributed by atoms with Crippen molar-refractivity contribution in [1.82, 2.24) is 9.80 Å². The third-order valence-electron chi connectivity index (χ3n) is 5.14. The van der Waals surface area contributed by atoms with Crippen LogP contribution >= 0.6 is 23.2 Å². The van der Waals surface area contributed by atoms with E-state index in [2.05, 4.69) is 0 Å². The number of rotatable bonds is 5. The summed E-state index contributed by atoms with van der Waals surface area (Å²) in [4.78, 5) is 28.8. The molecule has 0 saturated carbocycles. The molecule has 8 heteroatoms. The molecule has 1 aromatic carbocycles. The molecule has 2 amide bonds. The molecule has 28 heavy (non-hydrogen) atoms. The first-order valence-corrected chi connectivity index (χ1v) is 10.5. The smallest absolute Gasteiger partial charge is 0.254 e. The molecule has 1 aromatic rings. The van der Waals surface area contributed by atoms with Crippen molar-refractivity contribution in [1.29, 1.82) is 0 Å². The van der Waals surface area contributed by atoms with Gasteiger partial charge in [-0.25, -0.2) is 0 Å². The van der Waals surface area contributed by atoms with Gasteiger partial charge in [-0.05, 0) is 44.4 Å². The van der Waals surface area contributed by atoms with E-state index in [1.165, 1.54) is 0 Å². The van der Waals surface area contributed by atoms with Crippen LogP contribution in [0.15, 0.2) is 18.2 Å². The van der Waals surface area contributed by atoms with Gasteiger partial charge in [0.25, 0.3) is 11.8 Å². The van der Waals surface area contributed by atoms with Gasteiger partial charge in [0.1, 0.15) is 6.10 Å². The van der Waals surface area contributed by atoms with Crippen LogP contribution in [0.3, 0.4) is 0 Å². The summed E-state index contributed by atoms with van der Waals surface area (Å²) < 4.78 is 11.4. The van der Waals surface area contributed by atoms with Crippen molar-refractivity contribution >= 4 is 35.0 Å². The Hall–Kier alpha value is -1.34. The van der Waals surface area contributed by atoms with Gasteiger partial charge in [0.05, 0.1) is 12.7 Å². The molecule has 0 aromatic heterocycles. The fourth-order valence-corrected chi connectivity index (χ4v) is 4.03. The third-order valence-corrected chi connectivity index (χ3v) is 5.58. The quantitative estimate of drug-likeness (QED) is 0.721. The summed E-state index contributed by atoms with van der Waals surface area (Å²) in [6.45, 7) is 4.88. The number of ether oxygens (including phenoxy) is 2. The Kier molecular flexibility index (Phi) is 7.57. The zero-order chi connectivity index (χ0) is 20.1. The molecule has 0 bridgehead atoms. The van der Waals surface area contributed by atoms with Crippen LogP contribution in [0.25, 0.3) is 0 Å². The van der Waals surface area contributed by atoms with Gasteiger partial charge in [-0.2, -0.15) is 0 Å². The van der Waals surface area contributed by atoms with Gasteiger partial charge in [0, 0.05) is 48.4 Å². The van der Waals surface area contributed by atoms with Gasteiger partial charge in [0.2, 0.25) is 0 Å². The van der Waals surface area contributed by atoms with Gasteiger partial charge < -0.3 is 19.3 Å². The molecule has 2 aliphatic rings. The average molecular weight is 429 g/mol. The molecular weight excluding hydrogens is 403 g/mol. The van der Waals surface area contributed by atoms with Gasteiger partial charge in [-0.15, -0.1) is 0 Å². The number of hydrogen-bond donors (Lipinski definition) is 0. The highest BCUT2D eigenvalue weighted by atomic mass is 35.5. The number of carbonyl (C=O) groups excluding carboxylic acids is 2. The molecule has 3 rings (SSSR count). The number of benzene rings is 1. The highest BCUT2D eigenvalue weighted by Crippen LogP contribution is 2.21. The first kappa shape index (κ1) is 21.4. The van der Waals surface area contributed by atoms with Crippen molar-refractivity contribution in [2.45, 2.75) is 38.4 Å². The lowest BCUT2D eigenvalue weighted by Crippen LogP contribution is -2.53. The van der Waals surface area contributed by atoms with E-state index in [-0.39, 0.29) is 17.9 Å². The monoisotopic (exact) mass is 428 g/mol. The fraction of sp³-hybridized carbons (Fsp3) is 0.600. The van der Waals surface area contributed by atoms with E-state index in [4.69, 9.17) is 32.7 Å². The van der Waals surface area contributed by atoms with Crippen LogP contribution in [0.1, 0.15) is 36.5 Å². The number of hydrogen-bond acceptors (Lipinski definition) is 4. The number of halogens is 2. The van der Waals surface area contributed by atoms with E-state index in [9.17, 15) is 9.59 Å². The average Bonchev–Trinajstić information content (AvgIpc) is 2.71. The van der Waals surface area contributed by atoms with Crippen LogP contribution in [-0.4, -0.2) is 73.2 Å². The van der Waals surface area contributed by atoms with E-state index >= 15 is 0 Å². The van der Waals surface area contributed by atoms with Gasteiger partial charge in [-0.3, -0.25) is 9.59 Å². The second-order valence-corrected chi connectivity index (χ2v) is 8.11. The Bertz CT molecular complexity index is 681. The zero-order valence-corrected chi connectivity index (χ0v) is 17.5. The molecule has 2 unspecified atom stereocenters. The first-order valence-electron chi connectivity index (χ1n) is 9.71. The summed E-state index contributed by atoms with van der Waals surface area (Å²) >= 11 is 12.0. The van der Waals surface area contributed by atoms with E-state index in [1.54, 1.807) is 34.9 Å². The lowest BCUT2D eigenvalue weighted by Gasteiger charge is -2.36. The number of piperazine rings is 1. The van der Waals surface area contributed by atoms with Crippen molar-refractivity contribution in [3.8, 4) is 0 Å². The molecule has 2 saturated heterocycles. The first-order chi connectivity index (χ1) is 13.4. The Morgan fingerprint density at radius 3 is 2.36 bits per heavy atom. The SMILES string of the molecule is CC(OCC1CCCCO1)C(=O)N1CCN(C(=O)c2cc(Cl)cc(Cl)c2)CC1. The van der Waals surface area contributed by atoms with Gasteiger partial charge in [0.15, 0.2) is 0 Å².